The molecule has 0 saturated carbocycles. The predicted molar refractivity (Wildman–Crippen MR) is 82.3 cm³/mol. The van der Waals surface area contributed by atoms with Crippen LogP contribution in [-0.2, 0) is 13.0 Å². The molecule has 2 aromatic carbocycles. The Bertz CT molecular complexity index is 724. The highest BCUT2D eigenvalue weighted by molar-refractivity contribution is 5.50. The molecule has 0 aromatic heterocycles. The van der Waals surface area contributed by atoms with E-state index in [0.717, 1.165) is 23.3 Å². The van der Waals surface area contributed by atoms with Gasteiger partial charge in [0.25, 0.3) is 5.69 Å². The molecule has 5 nitrogen and oxygen atoms in total. The summed E-state index contributed by atoms with van der Waals surface area (Å²) in [6.07, 6.45) is 0.844. The molecule has 0 unspecified atom stereocenters. The summed E-state index contributed by atoms with van der Waals surface area (Å²) in [6, 6.07) is 12.3. The van der Waals surface area contributed by atoms with Gasteiger partial charge in [-0.25, -0.2) is 0 Å². The zero-order valence-corrected chi connectivity index (χ0v) is 12.5. The maximum Gasteiger partial charge on any atom is 0.269 e. The van der Waals surface area contributed by atoms with Gasteiger partial charge in [-0.1, -0.05) is 24.3 Å². The van der Waals surface area contributed by atoms with Crippen molar-refractivity contribution in [1.29, 1.82) is 0 Å². The lowest BCUT2D eigenvalue weighted by Gasteiger charge is -2.18. The number of rotatable bonds is 4. The average Bonchev–Trinajstić information content (AvgIpc) is 2.79. The van der Waals surface area contributed by atoms with Gasteiger partial charge < -0.3 is 9.47 Å². The van der Waals surface area contributed by atoms with Crippen molar-refractivity contribution >= 4 is 5.69 Å². The quantitative estimate of drug-likeness (QED) is 0.634. The molecule has 22 heavy (non-hydrogen) atoms. The van der Waals surface area contributed by atoms with E-state index in [2.05, 4.69) is 0 Å². The van der Waals surface area contributed by atoms with Crippen LogP contribution in [0.1, 0.15) is 25.0 Å². The molecule has 114 valence electrons. The average molecular weight is 299 g/mol. The van der Waals surface area contributed by atoms with E-state index in [1.165, 1.54) is 12.1 Å². The van der Waals surface area contributed by atoms with E-state index in [1.54, 1.807) is 12.1 Å². The van der Waals surface area contributed by atoms with E-state index >= 15 is 0 Å². The Morgan fingerprint density at radius 1 is 1.27 bits per heavy atom. The van der Waals surface area contributed by atoms with E-state index in [9.17, 15) is 10.1 Å². The van der Waals surface area contributed by atoms with Crippen LogP contribution in [0, 0.1) is 10.1 Å². The first-order chi connectivity index (χ1) is 10.4. The summed E-state index contributed by atoms with van der Waals surface area (Å²) >= 11 is 0. The summed E-state index contributed by atoms with van der Waals surface area (Å²) < 4.78 is 11.8. The second-order valence-corrected chi connectivity index (χ2v) is 6.00. The van der Waals surface area contributed by atoms with Crippen molar-refractivity contribution in [2.75, 3.05) is 0 Å². The number of ether oxygens (including phenoxy) is 2. The summed E-state index contributed by atoms with van der Waals surface area (Å²) in [4.78, 5) is 10.4. The lowest BCUT2D eigenvalue weighted by molar-refractivity contribution is -0.384. The Balaban J connectivity index is 1.77. The Labute approximate surface area is 128 Å². The fourth-order valence-electron chi connectivity index (χ4n) is 2.62. The van der Waals surface area contributed by atoms with Crippen molar-refractivity contribution in [2.24, 2.45) is 0 Å². The molecular weight excluding hydrogens is 282 g/mol. The van der Waals surface area contributed by atoms with Crippen LogP contribution in [0.15, 0.2) is 42.5 Å². The van der Waals surface area contributed by atoms with Gasteiger partial charge in [-0.15, -0.1) is 0 Å². The fraction of sp³-hybridized carbons (Fsp3) is 0.294. The van der Waals surface area contributed by atoms with Crippen molar-refractivity contribution in [3.8, 4) is 11.5 Å². The standard InChI is InChI=1S/C17H17NO4/c1-17(2)10-13-6-4-8-15(16(13)22-17)21-11-12-5-3-7-14(9-12)18(19)20/h3-9H,10-11H2,1-2H3. The monoisotopic (exact) mass is 299 g/mol. The molecular formula is C17H17NO4. The van der Waals surface area contributed by atoms with Crippen LogP contribution < -0.4 is 9.47 Å². The Kier molecular flexibility index (Phi) is 3.48. The summed E-state index contributed by atoms with van der Waals surface area (Å²) in [7, 11) is 0. The first-order valence-electron chi connectivity index (χ1n) is 7.12. The van der Waals surface area contributed by atoms with Gasteiger partial charge in [0.2, 0.25) is 0 Å². The number of nitro benzene ring substituents is 1. The molecule has 0 atom stereocenters. The summed E-state index contributed by atoms with van der Waals surface area (Å²) in [6.45, 7) is 4.34. The lowest BCUT2D eigenvalue weighted by Crippen LogP contribution is -2.24. The van der Waals surface area contributed by atoms with Gasteiger partial charge in [-0.2, -0.15) is 0 Å². The van der Waals surface area contributed by atoms with Gasteiger partial charge in [0.15, 0.2) is 11.5 Å². The minimum absolute atomic E-state index is 0.0665. The first kappa shape index (κ1) is 14.4. The van der Waals surface area contributed by atoms with Crippen LogP contribution in [0.5, 0.6) is 11.5 Å². The van der Waals surface area contributed by atoms with E-state index in [4.69, 9.17) is 9.47 Å². The van der Waals surface area contributed by atoms with Gasteiger partial charge in [-0.3, -0.25) is 10.1 Å². The molecule has 0 bridgehead atoms. The molecule has 1 aliphatic heterocycles. The molecule has 0 aliphatic carbocycles. The van der Waals surface area contributed by atoms with E-state index < -0.39 is 4.92 Å². The van der Waals surface area contributed by atoms with Gasteiger partial charge in [0.05, 0.1) is 4.92 Å². The smallest absolute Gasteiger partial charge is 0.269 e. The summed E-state index contributed by atoms with van der Waals surface area (Å²) in [5.74, 6) is 1.45. The second kappa shape index (κ2) is 5.33. The third-order valence-corrected chi connectivity index (χ3v) is 3.57. The van der Waals surface area contributed by atoms with Crippen LogP contribution in [0.4, 0.5) is 5.69 Å². The normalized spacial score (nSPS) is 15.0. The molecule has 0 spiro atoms. The van der Waals surface area contributed by atoms with Gasteiger partial charge >= 0.3 is 0 Å². The number of non-ortho nitro benzene ring substituents is 1. The molecule has 2 aromatic rings. The topological polar surface area (TPSA) is 61.6 Å². The maximum absolute atomic E-state index is 10.8. The van der Waals surface area contributed by atoms with E-state index in [0.29, 0.717) is 5.75 Å². The predicted octanol–water partition coefficient (Wildman–Crippen LogP) is 3.89. The third-order valence-electron chi connectivity index (χ3n) is 3.57. The van der Waals surface area contributed by atoms with E-state index in [1.807, 2.05) is 32.0 Å². The zero-order valence-electron chi connectivity index (χ0n) is 12.5. The molecule has 0 fully saturated rings. The van der Waals surface area contributed by atoms with E-state index in [-0.39, 0.29) is 17.9 Å². The highest BCUT2D eigenvalue weighted by Crippen LogP contribution is 2.41. The minimum atomic E-state index is -0.407. The highest BCUT2D eigenvalue weighted by Gasteiger charge is 2.32. The van der Waals surface area contributed by atoms with Gasteiger partial charge in [0.1, 0.15) is 12.2 Å². The molecule has 0 N–H and O–H groups in total. The van der Waals surface area contributed by atoms with Crippen LogP contribution in [0.3, 0.4) is 0 Å². The van der Waals surface area contributed by atoms with Crippen LogP contribution in [0.2, 0.25) is 0 Å². The Morgan fingerprint density at radius 2 is 2.05 bits per heavy atom. The van der Waals surface area contributed by atoms with Crippen molar-refractivity contribution in [3.63, 3.8) is 0 Å². The maximum atomic E-state index is 10.8. The molecule has 1 heterocycles. The SMILES string of the molecule is CC1(C)Cc2cccc(OCc3cccc([N+](=O)[O-])c3)c2O1. The summed E-state index contributed by atoms with van der Waals surface area (Å²) in [5, 5.41) is 10.8. The largest absolute Gasteiger partial charge is 0.485 e. The van der Waals surface area contributed by atoms with Crippen molar-refractivity contribution in [3.05, 3.63) is 63.7 Å². The minimum Gasteiger partial charge on any atom is -0.485 e. The molecule has 5 heteroatoms. The van der Waals surface area contributed by atoms with Crippen molar-refractivity contribution in [2.45, 2.75) is 32.5 Å². The number of benzene rings is 2. The Morgan fingerprint density at radius 3 is 2.82 bits per heavy atom. The van der Waals surface area contributed by atoms with Crippen molar-refractivity contribution in [1.82, 2.24) is 0 Å². The lowest BCUT2D eigenvalue weighted by atomic mass is 10.0. The molecule has 1 aliphatic rings. The Hall–Kier alpha value is -2.56. The van der Waals surface area contributed by atoms with Crippen LogP contribution in [0.25, 0.3) is 0 Å². The summed E-state index contributed by atoms with van der Waals surface area (Å²) in [5.41, 5.74) is 1.72. The fourth-order valence-corrected chi connectivity index (χ4v) is 2.62. The first-order valence-corrected chi connectivity index (χ1v) is 7.12. The molecule has 0 radical (unpaired) electrons. The molecule has 3 rings (SSSR count). The number of hydrogen-bond acceptors (Lipinski definition) is 4. The number of nitrogens with zero attached hydrogens (tertiary/aromatic N) is 1. The molecule has 0 saturated heterocycles. The van der Waals surface area contributed by atoms with Gasteiger partial charge in [0, 0.05) is 24.1 Å². The van der Waals surface area contributed by atoms with Crippen LogP contribution >= 0.6 is 0 Å². The number of nitro groups is 1. The number of hydrogen-bond donors (Lipinski definition) is 0. The second-order valence-electron chi connectivity index (χ2n) is 6.00. The highest BCUT2D eigenvalue weighted by atomic mass is 16.6. The molecule has 0 amide bonds. The third kappa shape index (κ3) is 2.88. The number of para-hydroxylation sites is 1. The van der Waals surface area contributed by atoms with Crippen LogP contribution in [-0.4, -0.2) is 10.5 Å². The number of fused-ring (bicyclic) bond motifs is 1. The zero-order chi connectivity index (χ0) is 15.7. The van der Waals surface area contributed by atoms with Gasteiger partial charge in [-0.05, 0) is 25.5 Å². The van der Waals surface area contributed by atoms with Crippen molar-refractivity contribution < 1.29 is 14.4 Å².